The number of nitrogens with zero attached hydrogens (tertiary/aromatic N) is 2. The molecule has 0 amide bonds. The fourth-order valence-corrected chi connectivity index (χ4v) is 1.78. The summed E-state index contributed by atoms with van der Waals surface area (Å²) in [5.74, 6) is 0.534. The van der Waals surface area contributed by atoms with Crippen molar-refractivity contribution in [1.82, 2.24) is 9.97 Å². The molecule has 0 aliphatic carbocycles. The first kappa shape index (κ1) is 8.23. The molecule has 4 heteroatoms. The maximum atomic E-state index is 5.64. The average molecular weight is 199 g/mol. The Hall–Kier alpha value is -2.10. The van der Waals surface area contributed by atoms with Crippen molar-refractivity contribution in [2.45, 2.75) is 6.92 Å². The van der Waals surface area contributed by atoms with E-state index < -0.39 is 0 Å². The fraction of sp³-hybridized carbons (Fsp3) is 0.0909. The number of nitrogens with two attached hydrogens (primary N) is 1. The van der Waals surface area contributed by atoms with Crippen molar-refractivity contribution in [3.63, 3.8) is 0 Å². The van der Waals surface area contributed by atoms with Crippen LogP contribution in [-0.2, 0) is 0 Å². The van der Waals surface area contributed by atoms with E-state index in [2.05, 4.69) is 33.6 Å². The number of H-pyrrole nitrogens is 1. The Morgan fingerprint density at radius 2 is 2.13 bits per heavy atom. The van der Waals surface area contributed by atoms with Crippen LogP contribution in [-0.4, -0.2) is 9.97 Å². The second kappa shape index (κ2) is 2.70. The molecule has 3 aromatic rings. The second-order valence-corrected chi connectivity index (χ2v) is 3.69. The van der Waals surface area contributed by atoms with Gasteiger partial charge in [-0.2, -0.15) is 9.38 Å². The van der Waals surface area contributed by atoms with Gasteiger partial charge in [-0.05, 0) is 30.7 Å². The van der Waals surface area contributed by atoms with Crippen LogP contribution in [0.25, 0.3) is 16.8 Å². The van der Waals surface area contributed by atoms with Crippen molar-refractivity contribution in [2.24, 2.45) is 0 Å². The Balaban J connectivity index is 2.53. The van der Waals surface area contributed by atoms with Crippen molar-refractivity contribution in [3.05, 3.63) is 36.0 Å². The van der Waals surface area contributed by atoms with Crippen LogP contribution in [0.5, 0.6) is 0 Å². The number of aromatic amines is 1. The molecule has 0 saturated heterocycles. The van der Waals surface area contributed by atoms with Crippen LogP contribution >= 0.6 is 0 Å². The minimum absolute atomic E-state index is 0.534. The van der Waals surface area contributed by atoms with E-state index in [-0.39, 0.29) is 0 Å². The van der Waals surface area contributed by atoms with Gasteiger partial charge in [0, 0.05) is 6.07 Å². The van der Waals surface area contributed by atoms with Crippen LogP contribution in [0.1, 0.15) is 5.56 Å². The van der Waals surface area contributed by atoms with E-state index in [9.17, 15) is 0 Å². The van der Waals surface area contributed by atoms with Crippen molar-refractivity contribution in [3.8, 4) is 0 Å². The van der Waals surface area contributed by atoms with Gasteiger partial charge in [0.15, 0.2) is 5.52 Å². The summed E-state index contributed by atoms with van der Waals surface area (Å²) in [7, 11) is 0. The van der Waals surface area contributed by atoms with Gasteiger partial charge in [0.05, 0.1) is 6.20 Å². The summed E-state index contributed by atoms with van der Waals surface area (Å²) in [6.07, 6.45) is 2.08. The Morgan fingerprint density at radius 1 is 1.27 bits per heavy atom. The molecular weight excluding hydrogens is 188 g/mol. The molecule has 0 radical (unpaired) electrons. The molecule has 0 unspecified atom stereocenters. The molecule has 3 N–H and O–H groups in total. The molecular formula is C11H11N4+. The highest BCUT2D eigenvalue weighted by Gasteiger charge is 2.12. The SMILES string of the molecule is Cc1ccc2[nH]c3nc(N)ccc3[n+]2c1. The monoisotopic (exact) mass is 199 g/mol. The molecule has 0 atom stereocenters. The van der Waals surface area contributed by atoms with Crippen LogP contribution in [0.15, 0.2) is 30.5 Å². The zero-order valence-electron chi connectivity index (χ0n) is 8.36. The summed E-state index contributed by atoms with van der Waals surface area (Å²) in [5.41, 5.74) is 9.73. The van der Waals surface area contributed by atoms with E-state index >= 15 is 0 Å². The van der Waals surface area contributed by atoms with Crippen LogP contribution in [0, 0.1) is 6.92 Å². The molecule has 3 heterocycles. The maximum absolute atomic E-state index is 5.64. The number of nitrogens with one attached hydrogen (secondary N) is 1. The number of hydrogen-bond donors (Lipinski definition) is 2. The molecule has 0 bridgehead atoms. The molecule has 74 valence electrons. The van der Waals surface area contributed by atoms with Gasteiger partial charge in [-0.1, -0.05) is 0 Å². The number of fused-ring (bicyclic) bond motifs is 3. The summed E-state index contributed by atoms with van der Waals surface area (Å²) in [6, 6.07) is 7.88. The first-order valence-electron chi connectivity index (χ1n) is 4.80. The van der Waals surface area contributed by atoms with Gasteiger partial charge in [0.25, 0.3) is 11.3 Å². The van der Waals surface area contributed by atoms with Crippen LogP contribution < -0.4 is 10.1 Å². The van der Waals surface area contributed by atoms with E-state index in [0.29, 0.717) is 5.82 Å². The van der Waals surface area contributed by atoms with E-state index in [1.165, 1.54) is 5.56 Å². The molecule has 4 nitrogen and oxygen atoms in total. The Labute approximate surface area is 86.4 Å². The Morgan fingerprint density at radius 3 is 3.00 bits per heavy atom. The smallest absolute Gasteiger partial charge is 0.286 e. The normalized spacial score (nSPS) is 11.3. The molecule has 0 fully saturated rings. The lowest BCUT2D eigenvalue weighted by atomic mass is 10.3. The molecule has 0 aromatic carbocycles. The van der Waals surface area contributed by atoms with Crippen molar-refractivity contribution in [2.75, 3.05) is 5.73 Å². The molecule has 3 aromatic heterocycles. The molecule has 0 aliphatic rings. The van der Waals surface area contributed by atoms with Crippen molar-refractivity contribution < 1.29 is 4.40 Å². The minimum Gasteiger partial charge on any atom is -0.384 e. The van der Waals surface area contributed by atoms with E-state index in [1.54, 1.807) is 0 Å². The third-order valence-electron chi connectivity index (χ3n) is 2.50. The van der Waals surface area contributed by atoms with Crippen LogP contribution in [0.2, 0.25) is 0 Å². The third-order valence-corrected chi connectivity index (χ3v) is 2.50. The number of anilines is 1. The minimum atomic E-state index is 0.534. The van der Waals surface area contributed by atoms with Crippen molar-refractivity contribution in [1.29, 1.82) is 0 Å². The number of aryl methyl sites for hydroxylation is 1. The molecule has 3 rings (SSSR count). The van der Waals surface area contributed by atoms with Gasteiger partial charge in [-0.15, -0.1) is 0 Å². The van der Waals surface area contributed by atoms with E-state index in [4.69, 9.17) is 5.73 Å². The van der Waals surface area contributed by atoms with Gasteiger partial charge < -0.3 is 5.73 Å². The number of imidazole rings is 1. The van der Waals surface area contributed by atoms with Gasteiger partial charge in [0.2, 0.25) is 0 Å². The average Bonchev–Trinajstić information content (AvgIpc) is 2.54. The van der Waals surface area contributed by atoms with Crippen LogP contribution in [0.3, 0.4) is 0 Å². The number of hydrogen-bond acceptors (Lipinski definition) is 2. The number of aromatic nitrogens is 3. The summed E-state index contributed by atoms with van der Waals surface area (Å²) < 4.78 is 2.08. The lowest BCUT2D eigenvalue weighted by Gasteiger charge is -1.90. The lowest BCUT2D eigenvalue weighted by molar-refractivity contribution is -0.481. The maximum Gasteiger partial charge on any atom is 0.286 e. The van der Waals surface area contributed by atoms with Gasteiger partial charge in [-0.25, -0.2) is 4.98 Å². The molecule has 15 heavy (non-hydrogen) atoms. The van der Waals surface area contributed by atoms with E-state index in [1.807, 2.05) is 18.2 Å². The predicted octanol–water partition coefficient (Wildman–Crippen LogP) is 1.19. The third kappa shape index (κ3) is 1.15. The Bertz CT molecular complexity index is 654. The van der Waals surface area contributed by atoms with Gasteiger partial charge in [0.1, 0.15) is 5.82 Å². The first-order chi connectivity index (χ1) is 7.24. The number of pyridine rings is 2. The predicted molar refractivity (Wildman–Crippen MR) is 58.4 cm³/mol. The first-order valence-corrected chi connectivity index (χ1v) is 4.80. The lowest BCUT2D eigenvalue weighted by Crippen LogP contribution is -2.19. The molecule has 0 spiro atoms. The fourth-order valence-electron chi connectivity index (χ4n) is 1.78. The summed E-state index contributed by atoms with van der Waals surface area (Å²) in [5, 5.41) is 0. The quantitative estimate of drug-likeness (QED) is 0.534. The highest BCUT2D eigenvalue weighted by atomic mass is 15.1. The van der Waals surface area contributed by atoms with E-state index in [0.717, 1.165) is 16.8 Å². The highest BCUT2D eigenvalue weighted by molar-refractivity contribution is 5.71. The zero-order chi connectivity index (χ0) is 10.4. The second-order valence-electron chi connectivity index (χ2n) is 3.69. The summed E-state index contributed by atoms with van der Waals surface area (Å²) >= 11 is 0. The summed E-state index contributed by atoms with van der Waals surface area (Å²) in [6.45, 7) is 2.07. The topological polar surface area (TPSA) is 58.8 Å². The summed E-state index contributed by atoms with van der Waals surface area (Å²) in [4.78, 5) is 7.46. The molecule has 0 aliphatic heterocycles. The molecule has 0 saturated carbocycles. The van der Waals surface area contributed by atoms with Gasteiger partial charge >= 0.3 is 0 Å². The van der Waals surface area contributed by atoms with Crippen molar-refractivity contribution >= 4 is 22.6 Å². The van der Waals surface area contributed by atoms with Gasteiger partial charge in [-0.3, -0.25) is 0 Å². The standard InChI is InChI=1S/C11H10N4/c1-7-2-5-10-14-11-8(15(10)6-7)3-4-9(12)13-11/h2-6H,1H3,(H2,12,13)/p+1. The largest absolute Gasteiger partial charge is 0.384 e. The number of nitrogen functional groups attached to an aromatic ring is 1. The zero-order valence-corrected chi connectivity index (χ0v) is 8.36. The highest BCUT2D eigenvalue weighted by Crippen LogP contribution is 2.10. The Kier molecular flexibility index (Phi) is 1.48. The van der Waals surface area contributed by atoms with Crippen LogP contribution in [0.4, 0.5) is 5.82 Å². The number of rotatable bonds is 0.